The standard InChI is InChI=1S/C13H12BrN3/c1-9-7-12(3-4-13(9)14)17-8-11(5-6-15)10(2)16-17/h3-4,7-8H,5H2,1-2H3. The Morgan fingerprint density at radius 1 is 1.41 bits per heavy atom. The lowest BCUT2D eigenvalue weighted by molar-refractivity contribution is 0.861. The molecule has 0 aliphatic heterocycles. The summed E-state index contributed by atoms with van der Waals surface area (Å²) in [5.74, 6) is 0. The van der Waals surface area contributed by atoms with Crippen molar-refractivity contribution in [3.05, 3.63) is 45.7 Å². The molecule has 2 aromatic rings. The molecule has 0 atom stereocenters. The van der Waals surface area contributed by atoms with Crippen LogP contribution in [0.4, 0.5) is 0 Å². The van der Waals surface area contributed by atoms with Gasteiger partial charge in [-0.2, -0.15) is 10.4 Å². The fourth-order valence-electron chi connectivity index (χ4n) is 1.66. The molecular weight excluding hydrogens is 278 g/mol. The number of hydrogen-bond donors (Lipinski definition) is 0. The van der Waals surface area contributed by atoms with Crippen LogP contribution in [0.1, 0.15) is 16.8 Å². The molecule has 1 aromatic heterocycles. The van der Waals surface area contributed by atoms with Gasteiger partial charge in [-0.05, 0) is 37.6 Å². The van der Waals surface area contributed by atoms with E-state index >= 15 is 0 Å². The number of benzene rings is 1. The van der Waals surface area contributed by atoms with Gasteiger partial charge in [-0.15, -0.1) is 0 Å². The minimum absolute atomic E-state index is 0.404. The first-order valence-corrected chi connectivity index (χ1v) is 6.09. The third kappa shape index (κ3) is 2.40. The number of nitrogens with zero attached hydrogens (tertiary/aromatic N) is 3. The maximum Gasteiger partial charge on any atom is 0.0671 e. The van der Waals surface area contributed by atoms with E-state index in [0.29, 0.717) is 6.42 Å². The number of aryl methyl sites for hydroxylation is 2. The van der Waals surface area contributed by atoms with Gasteiger partial charge in [-0.3, -0.25) is 0 Å². The van der Waals surface area contributed by atoms with E-state index in [9.17, 15) is 0 Å². The molecule has 0 fully saturated rings. The fraction of sp³-hybridized carbons (Fsp3) is 0.231. The summed E-state index contributed by atoms with van der Waals surface area (Å²) in [6, 6.07) is 8.22. The molecule has 4 heteroatoms. The fourth-order valence-corrected chi connectivity index (χ4v) is 1.90. The van der Waals surface area contributed by atoms with Gasteiger partial charge >= 0.3 is 0 Å². The highest BCUT2D eigenvalue weighted by molar-refractivity contribution is 9.10. The molecule has 0 radical (unpaired) electrons. The Hall–Kier alpha value is -1.60. The van der Waals surface area contributed by atoms with Crippen LogP contribution in [-0.2, 0) is 6.42 Å². The molecule has 0 saturated carbocycles. The van der Waals surface area contributed by atoms with Gasteiger partial charge in [-0.25, -0.2) is 4.68 Å². The van der Waals surface area contributed by atoms with Gasteiger partial charge in [0.1, 0.15) is 0 Å². The Morgan fingerprint density at radius 3 is 2.82 bits per heavy atom. The first-order chi connectivity index (χ1) is 8.11. The zero-order valence-corrected chi connectivity index (χ0v) is 11.3. The van der Waals surface area contributed by atoms with Gasteiger partial charge in [0.05, 0.1) is 23.9 Å². The van der Waals surface area contributed by atoms with E-state index in [1.165, 1.54) is 0 Å². The maximum absolute atomic E-state index is 8.71. The van der Waals surface area contributed by atoms with Gasteiger partial charge in [0.25, 0.3) is 0 Å². The molecular formula is C13H12BrN3. The van der Waals surface area contributed by atoms with Crippen LogP contribution in [-0.4, -0.2) is 9.78 Å². The molecule has 17 heavy (non-hydrogen) atoms. The molecule has 86 valence electrons. The van der Waals surface area contributed by atoms with Crippen molar-refractivity contribution < 1.29 is 0 Å². The molecule has 0 amide bonds. The summed E-state index contributed by atoms with van der Waals surface area (Å²) in [7, 11) is 0. The summed E-state index contributed by atoms with van der Waals surface area (Å²) in [5.41, 5.74) is 4.07. The summed E-state index contributed by atoms with van der Waals surface area (Å²) >= 11 is 3.47. The summed E-state index contributed by atoms with van der Waals surface area (Å²) in [6.07, 6.45) is 2.32. The van der Waals surface area contributed by atoms with Crippen LogP contribution in [0.5, 0.6) is 0 Å². The lowest BCUT2D eigenvalue weighted by atomic mass is 10.2. The molecule has 0 aliphatic rings. The molecule has 3 nitrogen and oxygen atoms in total. The second-order valence-corrected chi connectivity index (χ2v) is 4.81. The van der Waals surface area contributed by atoms with Crippen LogP contribution < -0.4 is 0 Å². The normalized spacial score (nSPS) is 10.2. The van der Waals surface area contributed by atoms with Gasteiger partial charge in [0.15, 0.2) is 0 Å². The predicted octanol–water partition coefficient (Wildman–Crippen LogP) is 3.32. The summed E-state index contributed by atoms with van der Waals surface area (Å²) in [5, 5.41) is 13.1. The molecule has 0 aliphatic carbocycles. The highest BCUT2D eigenvalue weighted by atomic mass is 79.9. The lowest BCUT2D eigenvalue weighted by Gasteiger charge is -2.03. The van der Waals surface area contributed by atoms with Crippen molar-refractivity contribution in [2.75, 3.05) is 0 Å². The van der Waals surface area contributed by atoms with Crippen molar-refractivity contribution in [3.8, 4) is 11.8 Å². The number of hydrogen-bond acceptors (Lipinski definition) is 2. The van der Waals surface area contributed by atoms with Crippen molar-refractivity contribution in [1.82, 2.24) is 9.78 Å². The first-order valence-electron chi connectivity index (χ1n) is 5.30. The quantitative estimate of drug-likeness (QED) is 0.851. The van der Waals surface area contributed by atoms with E-state index in [1.54, 1.807) is 0 Å². The summed E-state index contributed by atoms with van der Waals surface area (Å²) in [4.78, 5) is 0. The van der Waals surface area contributed by atoms with E-state index in [0.717, 1.165) is 27.0 Å². The number of aromatic nitrogens is 2. The Morgan fingerprint density at radius 2 is 2.18 bits per heavy atom. The lowest BCUT2D eigenvalue weighted by Crippen LogP contribution is -1.95. The Kier molecular flexibility index (Phi) is 3.30. The van der Waals surface area contributed by atoms with E-state index in [-0.39, 0.29) is 0 Å². The summed E-state index contributed by atoms with van der Waals surface area (Å²) < 4.78 is 2.91. The third-order valence-electron chi connectivity index (χ3n) is 2.68. The molecule has 0 saturated heterocycles. The van der Waals surface area contributed by atoms with Crippen molar-refractivity contribution in [2.45, 2.75) is 20.3 Å². The van der Waals surface area contributed by atoms with Crippen LogP contribution in [0.25, 0.3) is 5.69 Å². The smallest absolute Gasteiger partial charge is 0.0671 e. The van der Waals surface area contributed by atoms with Crippen molar-refractivity contribution in [3.63, 3.8) is 0 Å². The van der Waals surface area contributed by atoms with Gasteiger partial charge in [-0.1, -0.05) is 15.9 Å². The van der Waals surface area contributed by atoms with Crippen molar-refractivity contribution >= 4 is 15.9 Å². The highest BCUT2D eigenvalue weighted by Gasteiger charge is 2.06. The van der Waals surface area contributed by atoms with Crippen LogP contribution in [0.3, 0.4) is 0 Å². The Labute approximate surface area is 109 Å². The zero-order chi connectivity index (χ0) is 12.4. The number of rotatable bonds is 2. The van der Waals surface area contributed by atoms with Gasteiger partial charge < -0.3 is 0 Å². The molecule has 1 aromatic carbocycles. The first kappa shape index (κ1) is 11.9. The van der Waals surface area contributed by atoms with E-state index in [4.69, 9.17) is 5.26 Å². The second kappa shape index (κ2) is 4.72. The molecule has 2 rings (SSSR count). The average Bonchev–Trinajstić information content (AvgIpc) is 2.65. The topological polar surface area (TPSA) is 41.6 Å². The van der Waals surface area contributed by atoms with Crippen molar-refractivity contribution in [1.29, 1.82) is 5.26 Å². The van der Waals surface area contributed by atoms with E-state index in [1.807, 2.05) is 36.9 Å². The second-order valence-electron chi connectivity index (χ2n) is 3.95. The highest BCUT2D eigenvalue weighted by Crippen LogP contribution is 2.20. The van der Waals surface area contributed by atoms with E-state index in [2.05, 4.69) is 33.2 Å². The third-order valence-corrected chi connectivity index (χ3v) is 3.57. The van der Waals surface area contributed by atoms with Crippen LogP contribution in [0.2, 0.25) is 0 Å². The molecule has 0 bridgehead atoms. The van der Waals surface area contributed by atoms with Gasteiger partial charge in [0.2, 0.25) is 0 Å². The monoisotopic (exact) mass is 289 g/mol. The Bertz CT molecular complexity index is 593. The van der Waals surface area contributed by atoms with Gasteiger partial charge in [0, 0.05) is 16.2 Å². The van der Waals surface area contributed by atoms with Crippen LogP contribution in [0.15, 0.2) is 28.9 Å². The van der Waals surface area contributed by atoms with E-state index < -0.39 is 0 Å². The average molecular weight is 290 g/mol. The predicted molar refractivity (Wildman–Crippen MR) is 70.1 cm³/mol. The minimum atomic E-state index is 0.404. The maximum atomic E-state index is 8.71. The van der Waals surface area contributed by atoms with Crippen molar-refractivity contribution in [2.24, 2.45) is 0 Å². The largest absolute Gasteiger partial charge is 0.240 e. The SMILES string of the molecule is Cc1cc(-n2cc(CC#N)c(C)n2)ccc1Br. The summed E-state index contributed by atoms with van der Waals surface area (Å²) in [6.45, 7) is 3.97. The minimum Gasteiger partial charge on any atom is -0.240 e. The molecule has 0 unspecified atom stereocenters. The molecule has 1 heterocycles. The Balaban J connectivity index is 2.43. The zero-order valence-electron chi connectivity index (χ0n) is 9.74. The number of halogens is 1. The molecule has 0 N–H and O–H groups in total. The molecule has 0 spiro atoms. The van der Waals surface area contributed by atoms with Crippen LogP contribution in [0, 0.1) is 25.2 Å². The number of nitriles is 1. The van der Waals surface area contributed by atoms with Crippen LogP contribution >= 0.6 is 15.9 Å².